The van der Waals surface area contributed by atoms with Crippen LogP contribution in [-0.2, 0) is 13.0 Å². The molecular weight excluding hydrogens is 302 g/mol. The van der Waals surface area contributed by atoms with E-state index in [1.54, 1.807) is 6.20 Å². The largest absolute Gasteiger partial charge is 0.339 e. The van der Waals surface area contributed by atoms with Crippen molar-refractivity contribution in [2.45, 2.75) is 46.1 Å². The van der Waals surface area contributed by atoms with Crippen LogP contribution in [0.5, 0.6) is 0 Å². The molecule has 1 aliphatic heterocycles. The van der Waals surface area contributed by atoms with Crippen molar-refractivity contribution < 1.29 is 4.79 Å². The predicted molar refractivity (Wildman–Crippen MR) is 91.6 cm³/mol. The van der Waals surface area contributed by atoms with E-state index in [0.29, 0.717) is 11.5 Å². The van der Waals surface area contributed by atoms with Crippen molar-refractivity contribution in [3.05, 3.63) is 41.7 Å². The van der Waals surface area contributed by atoms with Gasteiger partial charge in [-0.2, -0.15) is 5.10 Å². The molecule has 0 N–H and O–H groups in total. The average molecular weight is 327 g/mol. The average Bonchev–Trinajstić information content (AvgIpc) is 3.01. The van der Waals surface area contributed by atoms with Crippen LogP contribution in [0.3, 0.4) is 0 Å². The standard InChI is InChI=1S/C18H25N5O/c1-3-4-17-16(10-19-13-20-17)18(24)22-7-5-15(6-8-22)12-23-11-14(2)9-21-23/h9-11,13,15H,3-8,12H2,1-2H3. The number of likely N-dealkylation sites (tertiary alicyclic amines) is 1. The summed E-state index contributed by atoms with van der Waals surface area (Å²) in [4.78, 5) is 23.1. The van der Waals surface area contributed by atoms with Crippen LogP contribution in [0.1, 0.15) is 47.8 Å². The highest BCUT2D eigenvalue weighted by Crippen LogP contribution is 2.21. The smallest absolute Gasteiger partial charge is 0.257 e. The van der Waals surface area contributed by atoms with Gasteiger partial charge in [0.15, 0.2) is 0 Å². The number of piperidine rings is 1. The molecule has 0 aliphatic carbocycles. The first kappa shape index (κ1) is 16.6. The van der Waals surface area contributed by atoms with Gasteiger partial charge in [-0.05, 0) is 37.7 Å². The van der Waals surface area contributed by atoms with Crippen molar-refractivity contribution >= 4 is 5.91 Å². The topological polar surface area (TPSA) is 63.9 Å². The van der Waals surface area contributed by atoms with Gasteiger partial charge in [0.05, 0.1) is 17.5 Å². The number of hydrogen-bond donors (Lipinski definition) is 0. The number of carbonyl (C=O) groups excluding carboxylic acids is 1. The second kappa shape index (κ2) is 7.55. The molecule has 1 amide bonds. The summed E-state index contributed by atoms with van der Waals surface area (Å²) >= 11 is 0. The lowest BCUT2D eigenvalue weighted by molar-refractivity contribution is 0.0679. The van der Waals surface area contributed by atoms with Crippen LogP contribution in [0.2, 0.25) is 0 Å². The molecule has 1 fully saturated rings. The minimum absolute atomic E-state index is 0.0763. The number of aryl methyl sites for hydroxylation is 2. The Morgan fingerprint density at radius 1 is 1.29 bits per heavy atom. The van der Waals surface area contributed by atoms with Crippen molar-refractivity contribution in [2.24, 2.45) is 5.92 Å². The minimum atomic E-state index is 0.0763. The Morgan fingerprint density at radius 2 is 2.08 bits per heavy atom. The number of nitrogens with zero attached hydrogens (tertiary/aromatic N) is 5. The van der Waals surface area contributed by atoms with Crippen molar-refractivity contribution in [1.29, 1.82) is 0 Å². The Hall–Kier alpha value is -2.24. The molecule has 24 heavy (non-hydrogen) atoms. The van der Waals surface area contributed by atoms with Gasteiger partial charge < -0.3 is 4.90 Å². The summed E-state index contributed by atoms with van der Waals surface area (Å²) < 4.78 is 2.02. The summed E-state index contributed by atoms with van der Waals surface area (Å²) in [6.45, 7) is 6.68. The third kappa shape index (κ3) is 3.80. The first-order chi connectivity index (χ1) is 11.7. The van der Waals surface area contributed by atoms with Gasteiger partial charge in [0, 0.05) is 32.0 Å². The second-order valence-corrected chi connectivity index (χ2v) is 6.61. The highest BCUT2D eigenvalue weighted by Gasteiger charge is 2.25. The van der Waals surface area contributed by atoms with Crippen LogP contribution in [-0.4, -0.2) is 43.6 Å². The van der Waals surface area contributed by atoms with E-state index < -0.39 is 0 Å². The number of carbonyl (C=O) groups is 1. The van der Waals surface area contributed by atoms with E-state index in [1.165, 1.54) is 11.9 Å². The van der Waals surface area contributed by atoms with Crippen LogP contribution >= 0.6 is 0 Å². The molecule has 0 bridgehead atoms. The normalized spacial score (nSPS) is 15.7. The molecule has 0 saturated carbocycles. The lowest BCUT2D eigenvalue weighted by Gasteiger charge is -2.32. The quantitative estimate of drug-likeness (QED) is 0.846. The molecule has 6 heteroatoms. The van der Waals surface area contributed by atoms with E-state index in [9.17, 15) is 4.79 Å². The highest BCUT2D eigenvalue weighted by atomic mass is 16.2. The summed E-state index contributed by atoms with van der Waals surface area (Å²) in [6, 6.07) is 0. The minimum Gasteiger partial charge on any atom is -0.339 e. The summed E-state index contributed by atoms with van der Waals surface area (Å²) in [5.41, 5.74) is 2.72. The molecule has 6 nitrogen and oxygen atoms in total. The van der Waals surface area contributed by atoms with Gasteiger partial charge in [-0.3, -0.25) is 9.48 Å². The van der Waals surface area contributed by atoms with E-state index in [-0.39, 0.29) is 5.91 Å². The van der Waals surface area contributed by atoms with Gasteiger partial charge in [0.2, 0.25) is 0 Å². The first-order valence-electron chi connectivity index (χ1n) is 8.74. The van der Waals surface area contributed by atoms with Crippen molar-refractivity contribution in [3.63, 3.8) is 0 Å². The summed E-state index contributed by atoms with van der Waals surface area (Å²) in [5, 5.41) is 4.36. The predicted octanol–water partition coefficient (Wildman–Crippen LogP) is 2.49. The van der Waals surface area contributed by atoms with Crippen molar-refractivity contribution in [3.8, 4) is 0 Å². The van der Waals surface area contributed by atoms with E-state index in [4.69, 9.17) is 0 Å². The maximum atomic E-state index is 12.8. The molecule has 2 aromatic rings. The Labute approximate surface area is 142 Å². The summed E-state index contributed by atoms with van der Waals surface area (Å²) in [5.74, 6) is 0.655. The van der Waals surface area contributed by atoms with E-state index >= 15 is 0 Å². The zero-order chi connectivity index (χ0) is 16.9. The molecule has 1 aliphatic rings. The van der Waals surface area contributed by atoms with Gasteiger partial charge in [-0.25, -0.2) is 9.97 Å². The van der Waals surface area contributed by atoms with Gasteiger partial charge in [-0.1, -0.05) is 13.3 Å². The lowest BCUT2D eigenvalue weighted by atomic mass is 9.96. The molecule has 3 heterocycles. The van der Waals surface area contributed by atoms with Crippen LogP contribution in [0, 0.1) is 12.8 Å². The van der Waals surface area contributed by atoms with Gasteiger partial charge in [0.25, 0.3) is 5.91 Å². The van der Waals surface area contributed by atoms with Crippen LogP contribution in [0.25, 0.3) is 0 Å². The molecule has 128 valence electrons. The molecule has 0 unspecified atom stereocenters. The van der Waals surface area contributed by atoms with E-state index in [2.05, 4.69) is 35.1 Å². The summed E-state index contributed by atoms with van der Waals surface area (Å²) in [6.07, 6.45) is 11.0. The molecule has 2 aromatic heterocycles. The van der Waals surface area contributed by atoms with Crippen molar-refractivity contribution in [1.82, 2.24) is 24.6 Å². The third-order valence-corrected chi connectivity index (χ3v) is 4.62. The molecule has 3 rings (SSSR count). The molecule has 0 radical (unpaired) electrons. The molecular formula is C18H25N5O. The Balaban J connectivity index is 1.59. The second-order valence-electron chi connectivity index (χ2n) is 6.61. The summed E-state index contributed by atoms with van der Waals surface area (Å²) in [7, 11) is 0. The third-order valence-electron chi connectivity index (χ3n) is 4.62. The van der Waals surface area contributed by atoms with Crippen LogP contribution < -0.4 is 0 Å². The number of aromatic nitrogens is 4. The maximum absolute atomic E-state index is 12.8. The number of amides is 1. The fourth-order valence-electron chi connectivity index (χ4n) is 3.29. The van der Waals surface area contributed by atoms with Gasteiger partial charge in [0.1, 0.15) is 6.33 Å². The molecule has 0 spiro atoms. The van der Waals surface area contributed by atoms with E-state index in [1.807, 2.05) is 15.8 Å². The van der Waals surface area contributed by atoms with E-state index in [0.717, 1.165) is 51.0 Å². The molecule has 0 aromatic carbocycles. The Morgan fingerprint density at radius 3 is 2.75 bits per heavy atom. The molecule has 0 atom stereocenters. The lowest BCUT2D eigenvalue weighted by Crippen LogP contribution is -2.39. The maximum Gasteiger partial charge on any atom is 0.257 e. The van der Waals surface area contributed by atoms with Gasteiger partial charge >= 0.3 is 0 Å². The first-order valence-corrected chi connectivity index (χ1v) is 8.74. The SMILES string of the molecule is CCCc1ncncc1C(=O)N1CCC(Cn2cc(C)cn2)CC1. The highest BCUT2D eigenvalue weighted by molar-refractivity contribution is 5.95. The zero-order valence-corrected chi connectivity index (χ0v) is 14.5. The van der Waals surface area contributed by atoms with Crippen LogP contribution in [0.4, 0.5) is 0 Å². The van der Waals surface area contributed by atoms with Gasteiger partial charge in [-0.15, -0.1) is 0 Å². The monoisotopic (exact) mass is 327 g/mol. The number of rotatable bonds is 5. The number of hydrogen-bond acceptors (Lipinski definition) is 4. The Bertz CT molecular complexity index is 688. The fraction of sp³-hybridized carbons (Fsp3) is 0.556. The zero-order valence-electron chi connectivity index (χ0n) is 14.5. The van der Waals surface area contributed by atoms with Crippen molar-refractivity contribution in [2.75, 3.05) is 13.1 Å². The van der Waals surface area contributed by atoms with Crippen LogP contribution in [0.15, 0.2) is 24.9 Å². The Kier molecular flexibility index (Phi) is 5.23. The fourth-order valence-corrected chi connectivity index (χ4v) is 3.29. The molecule has 1 saturated heterocycles.